The Morgan fingerprint density at radius 2 is 2.07 bits per heavy atom. The molecule has 0 aromatic carbocycles. The third-order valence-corrected chi connectivity index (χ3v) is 1.82. The van der Waals surface area contributed by atoms with E-state index in [9.17, 15) is 0 Å². The van der Waals surface area contributed by atoms with Crippen molar-refractivity contribution in [3.05, 3.63) is 11.9 Å². The van der Waals surface area contributed by atoms with E-state index in [1.807, 2.05) is 0 Å². The van der Waals surface area contributed by atoms with Crippen LogP contribution in [0.2, 0.25) is 0 Å². The van der Waals surface area contributed by atoms with Crippen LogP contribution in [-0.4, -0.2) is 27.0 Å². The Morgan fingerprint density at radius 1 is 1.27 bits per heavy atom. The predicted molar refractivity (Wildman–Crippen MR) is 55.7 cm³/mol. The number of rotatable bonds is 2. The zero-order chi connectivity index (χ0) is 10.8. The van der Waals surface area contributed by atoms with Crippen LogP contribution >= 0.6 is 0 Å². The van der Waals surface area contributed by atoms with Gasteiger partial charge in [-0.3, -0.25) is 0 Å². The van der Waals surface area contributed by atoms with Crippen LogP contribution in [0.4, 0.5) is 11.8 Å². The molecule has 1 radical (unpaired) electrons. The maximum atomic E-state index is 5.66. The second kappa shape index (κ2) is 3.62. The Morgan fingerprint density at radius 3 is 2.80 bits per heavy atom. The average Bonchev–Trinajstić information content (AvgIpc) is 2.19. The summed E-state index contributed by atoms with van der Waals surface area (Å²) in [4.78, 5) is 16.1. The number of anilines is 2. The SMILES string of the molecule is C[N]Cc1cnc2nc(N)nc(N)c2n1. The molecular formula is C8H10N7. The average molecular weight is 204 g/mol. The lowest BCUT2D eigenvalue weighted by molar-refractivity contribution is 0.774. The van der Waals surface area contributed by atoms with Crippen molar-refractivity contribution in [1.82, 2.24) is 25.3 Å². The minimum Gasteiger partial charge on any atom is -0.382 e. The first-order valence-electron chi connectivity index (χ1n) is 4.31. The molecule has 0 spiro atoms. The second-order valence-corrected chi connectivity index (χ2v) is 2.97. The zero-order valence-corrected chi connectivity index (χ0v) is 8.18. The molecule has 7 heteroatoms. The van der Waals surface area contributed by atoms with Crippen molar-refractivity contribution in [2.24, 2.45) is 0 Å². The summed E-state index contributed by atoms with van der Waals surface area (Å²) in [5, 5.41) is 3.95. The molecule has 0 aliphatic carbocycles. The molecule has 0 amide bonds. The quantitative estimate of drug-likeness (QED) is 0.669. The normalized spacial score (nSPS) is 10.7. The minimum atomic E-state index is 0.0993. The number of hydrogen-bond donors (Lipinski definition) is 2. The van der Waals surface area contributed by atoms with Crippen molar-refractivity contribution in [2.75, 3.05) is 18.5 Å². The van der Waals surface area contributed by atoms with Crippen LogP contribution < -0.4 is 16.8 Å². The predicted octanol–water partition coefficient (Wildman–Crippen LogP) is -0.682. The molecule has 7 nitrogen and oxygen atoms in total. The van der Waals surface area contributed by atoms with E-state index in [-0.39, 0.29) is 11.8 Å². The molecule has 2 aromatic heterocycles. The fraction of sp³-hybridized carbons (Fsp3) is 0.250. The first kappa shape index (κ1) is 9.53. The van der Waals surface area contributed by atoms with Crippen molar-refractivity contribution >= 4 is 22.9 Å². The number of nitrogens with two attached hydrogens (primary N) is 2. The van der Waals surface area contributed by atoms with Crippen LogP contribution in [0.5, 0.6) is 0 Å². The maximum absolute atomic E-state index is 5.66. The van der Waals surface area contributed by atoms with Crippen molar-refractivity contribution in [3.63, 3.8) is 0 Å². The number of fused-ring (bicyclic) bond motifs is 1. The molecule has 2 aromatic rings. The van der Waals surface area contributed by atoms with Gasteiger partial charge < -0.3 is 11.5 Å². The molecule has 0 aliphatic heterocycles. The van der Waals surface area contributed by atoms with Gasteiger partial charge in [0.15, 0.2) is 17.0 Å². The summed E-state index contributed by atoms with van der Waals surface area (Å²) in [5.74, 6) is 0.338. The highest BCUT2D eigenvalue weighted by atomic mass is 15.1. The van der Waals surface area contributed by atoms with Crippen molar-refractivity contribution in [1.29, 1.82) is 0 Å². The van der Waals surface area contributed by atoms with Crippen molar-refractivity contribution in [3.8, 4) is 0 Å². The summed E-state index contributed by atoms with van der Waals surface area (Å²) in [7, 11) is 1.70. The third kappa shape index (κ3) is 1.77. The molecule has 2 heterocycles. The highest BCUT2D eigenvalue weighted by Gasteiger charge is 2.06. The maximum Gasteiger partial charge on any atom is 0.224 e. The first-order chi connectivity index (χ1) is 7.20. The number of aromatic nitrogens is 4. The van der Waals surface area contributed by atoms with Gasteiger partial charge in [0.05, 0.1) is 18.4 Å². The van der Waals surface area contributed by atoms with Gasteiger partial charge in [-0.15, -0.1) is 0 Å². The lowest BCUT2D eigenvalue weighted by Crippen LogP contribution is -2.06. The van der Waals surface area contributed by atoms with Gasteiger partial charge in [0.2, 0.25) is 5.95 Å². The Kier molecular flexibility index (Phi) is 2.30. The Bertz CT molecular complexity index is 496. The molecule has 0 fully saturated rings. The van der Waals surface area contributed by atoms with Gasteiger partial charge >= 0.3 is 0 Å². The van der Waals surface area contributed by atoms with E-state index in [0.29, 0.717) is 17.7 Å². The van der Waals surface area contributed by atoms with E-state index in [1.54, 1.807) is 13.2 Å². The van der Waals surface area contributed by atoms with Crippen LogP contribution in [0.15, 0.2) is 6.20 Å². The smallest absolute Gasteiger partial charge is 0.224 e. The Balaban J connectivity index is 2.60. The third-order valence-electron chi connectivity index (χ3n) is 1.82. The molecule has 77 valence electrons. The number of hydrogen-bond acceptors (Lipinski definition) is 6. The molecule has 15 heavy (non-hydrogen) atoms. The van der Waals surface area contributed by atoms with Crippen LogP contribution in [0.3, 0.4) is 0 Å². The van der Waals surface area contributed by atoms with Crippen LogP contribution in [-0.2, 0) is 6.54 Å². The van der Waals surface area contributed by atoms with Gasteiger partial charge in [-0.25, -0.2) is 15.3 Å². The van der Waals surface area contributed by atoms with Gasteiger partial charge in [-0.05, 0) is 0 Å². The van der Waals surface area contributed by atoms with E-state index in [0.717, 1.165) is 5.69 Å². The van der Waals surface area contributed by atoms with Crippen molar-refractivity contribution in [2.45, 2.75) is 6.54 Å². The standard InChI is InChI=1S/C8H10N7/c1-11-2-4-3-12-7-5(13-4)6(9)14-8(10)15-7/h3H,2H2,1H3,(H4,9,10,12,14,15). The van der Waals surface area contributed by atoms with E-state index in [1.165, 1.54) is 0 Å². The molecule has 0 bridgehead atoms. The summed E-state index contributed by atoms with van der Waals surface area (Å²) in [6.07, 6.45) is 1.60. The van der Waals surface area contributed by atoms with Gasteiger partial charge in [0.25, 0.3) is 0 Å². The second-order valence-electron chi connectivity index (χ2n) is 2.97. The van der Waals surface area contributed by atoms with Crippen LogP contribution in [0.25, 0.3) is 11.2 Å². The van der Waals surface area contributed by atoms with Gasteiger partial charge in [0, 0.05) is 7.05 Å². The highest BCUT2D eigenvalue weighted by Crippen LogP contribution is 2.14. The first-order valence-corrected chi connectivity index (χ1v) is 4.31. The molecular weight excluding hydrogens is 194 g/mol. The molecule has 0 saturated carbocycles. The highest BCUT2D eigenvalue weighted by molar-refractivity contribution is 5.81. The Hall–Kier alpha value is -2.02. The number of nitrogen functional groups attached to an aromatic ring is 2. The van der Waals surface area contributed by atoms with Gasteiger partial charge in [-0.2, -0.15) is 9.97 Å². The minimum absolute atomic E-state index is 0.0993. The molecule has 0 aliphatic rings. The van der Waals surface area contributed by atoms with E-state index >= 15 is 0 Å². The van der Waals surface area contributed by atoms with Gasteiger partial charge in [0.1, 0.15) is 0 Å². The van der Waals surface area contributed by atoms with E-state index < -0.39 is 0 Å². The van der Waals surface area contributed by atoms with Gasteiger partial charge in [-0.1, -0.05) is 0 Å². The lowest BCUT2D eigenvalue weighted by atomic mass is 10.4. The monoisotopic (exact) mass is 204 g/mol. The fourth-order valence-corrected chi connectivity index (χ4v) is 1.22. The van der Waals surface area contributed by atoms with Crippen LogP contribution in [0, 0.1) is 0 Å². The fourth-order valence-electron chi connectivity index (χ4n) is 1.22. The topological polar surface area (TPSA) is 118 Å². The van der Waals surface area contributed by atoms with Crippen LogP contribution in [0.1, 0.15) is 5.69 Å². The summed E-state index contributed by atoms with van der Waals surface area (Å²) in [5.41, 5.74) is 12.7. The van der Waals surface area contributed by atoms with E-state index in [4.69, 9.17) is 11.5 Å². The molecule has 0 unspecified atom stereocenters. The Labute approximate surface area is 86.0 Å². The lowest BCUT2D eigenvalue weighted by Gasteiger charge is -2.02. The summed E-state index contributed by atoms with van der Waals surface area (Å²) >= 11 is 0. The number of nitrogens with zero attached hydrogens (tertiary/aromatic N) is 5. The summed E-state index contributed by atoms with van der Waals surface area (Å²) in [6, 6.07) is 0. The molecule has 0 saturated heterocycles. The summed E-state index contributed by atoms with van der Waals surface area (Å²) < 4.78 is 0. The zero-order valence-electron chi connectivity index (χ0n) is 8.18. The van der Waals surface area contributed by atoms with Crippen molar-refractivity contribution < 1.29 is 0 Å². The van der Waals surface area contributed by atoms with E-state index in [2.05, 4.69) is 25.3 Å². The summed E-state index contributed by atoms with van der Waals surface area (Å²) in [6.45, 7) is 0.493. The largest absolute Gasteiger partial charge is 0.382 e. The molecule has 4 N–H and O–H groups in total. The molecule has 0 atom stereocenters. The molecule has 2 rings (SSSR count).